The minimum absolute atomic E-state index is 0.357. The van der Waals surface area contributed by atoms with Crippen LogP contribution in [0.2, 0.25) is 0 Å². The number of likely N-dealkylation sites (N-methyl/N-ethyl adjacent to an activating group) is 1. The van der Waals surface area contributed by atoms with Crippen molar-refractivity contribution < 1.29 is 5.11 Å². The van der Waals surface area contributed by atoms with E-state index in [1.165, 1.54) is 37.7 Å². The van der Waals surface area contributed by atoms with Gasteiger partial charge in [0.1, 0.15) is 5.75 Å². The first-order valence-electron chi connectivity index (χ1n) is 7.74. The van der Waals surface area contributed by atoms with Crippen LogP contribution in [0.1, 0.15) is 51.5 Å². The van der Waals surface area contributed by atoms with E-state index >= 15 is 0 Å². The zero-order valence-electron chi connectivity index (χ0n) is 12.3. The molecule has 1 atom stereocenters. The molecular weight excluding hydrogens is 234 g/mol. The molecule has 1 aromatic carbocycles. The fraction of sp³-hybridized carbons (Fsp3) is 0.647. The lowest BCUT2D eigenvalue weighted by Crippen LogP contribution is -2.43. The third-order valence-electron chi connectivity index (χ3n) is 4.44. The van der Waals surface area contributed by atoms with Crippen molar-refractivity contribution in [2.75, 3.05) is 6.54 Å². The molecule has 0 saturated heterocycles. The van der Waals surface area contributed by atoms with E-state index in [1.54, 1.807) is 12.1 Å². The number of aromatic hydroxyl groups is 1. The molecule has 106 valence electrons. The van der Waals surface area contributed by atoms with Gasteiger partial charge in [-0.05, 0) is 50.4 Å². The molecule has 0 aliphatic heterocycles. The number of benzene rings is 1. The highest BCUT2D eigenvalue weighted by molar-refractivity contribution is 5.26. The lowest BCUT2D eigenvalue weighted by molar-refractivity contribution is 0.119. The van der Waals surface area contributed by atoms with Gasteiger partial charge in [0.05, 0.1) is 0 Å². The molecule has 19 heavy (non-hydrogen) atoms. The van der Waals surface area contributed by atoms with Crippen LogP contribution in [-0.2, 0) is 6.42 Å². The lowest BCUT2D eigenvalue weighted by atomic mass is 9.92. The van der Waals surface area contributed by atoms with Crippen LogP contribution in [0.4, 0.5) is 0 Å². The van der Waals surface area contributed by atoms with Crippen LogP contribution >= 0.6 is 0 Å². The summed E-state index contributed by atoms with van der Waals surface area (Å²) in [4.78, 5) is 2.67. The Morgan fingerprint density at radius 1 is 1.16 bits per heavy atom. The van der Waals surface area contributed by atoms with Gasteiger partial charge in [0.25, 0.3) is 0 Å². The van der Waals surface area contributed by atoms with E-state index < -0.39 is 0 Å². The van der Waals surface area contributed by atoms with Crippen LogP contribution < -0.4 is 0 Å². The van der Waals surface area contributed by atoms with Gasteiger partial charge >= 0.3 is 0 Å². The molecule has 0 bridgehead atoms. The number of phenolic OH excluding ortho intramolecular Hbond substituents is 1. The first kappa shape index (κ1) is 14.4. The molecule has 0 aromatic heterocycles. The van der Waals surface area contributed by atoms with Gasteiger partial charge < -0.3 is 5.11 Å². The van der Waals surface area contributed by atoms with E-state index in [1.807, 2.05) is 12.1 Å². The molecule has 2 nitrogen and oxygen atoms in total. The Morgan fingerprint density at radius 2 is 1.79 bits per heavy atom. The molecule has 0 heterocycles. The van der Waals surface area contributed by atoms with Gasteiger partial charge in [0, 0.05) is 12.1 Å². The molecule has 2 heteroatoms. The molecule has 1 aromatic rings. The summed E-state index contributed by atoms with van der Waals surface area (Å²) in [6.45, 7) is 5.76. The van der Waals surface area contributed by atoms with Crippen LogP contribution in [0, 0.1) is 0 Å². The Morgan fingerprint density at radius 3 is 2.37 bits per heavy atom. The summed E-state index contributed by atoms with van der Waals surface area (Å²) in [7, 11) is 0. The van der Waals surface area contributed by atoms with Crippen LogP contribution in [-0.4, -0.2) is 28.6 Å². The standard InChI is InChI=1S/C17H27NO/c1-3-18(16-7-5-4-6-8-16)14(2)13-15-9-11-17(19)12-10-15/h9-12,14,16,19H,3-8,13H2,1-2H3. The minimum atomic E-state index is 0.357. The molecular formula is C17H27NO. The van der Waals surface area contributed by atoms with Crippen molar-refractivity contribution in [1.29, 1.82) is 0 Å². The van der Waals surface area contributed by atoms with Crippen LogP contribution in [0.25, 0.3) is 0 Å². The number of rotatable bonds is 5. The van der Waals surface area contributed by atoms with Gasteiger partial charge in [0.2, 0.25) is 0 Å². The second-order valence-corrected chi connectivity index (χ2v) is 5.84. The van der Waals surface area contributed by atoms with Crippen molar-refractivity contribution in [3.63, 3.8) is 0 Å². The van der Waals surface area contributed by atoms with Crippen molar-refractivity contribution in [2.24, 2.45) is 0 Å². The van der Waals surface area contributed by atoms with Gasteiger partial charge in [-0.1, -0.05) is 38.3 Å². The summed E-state index contributed by atoms with van der Waals surface area (Å²) < 4.78 is 0. The second kappa shape index (κ2) is 6.95. The topological polar surface area (TPSA) is 23.5 Å². The van der Waals surface area contributed by atoms with Crippen molar-refractivity contribution in [3.8, 4) is 5.75 Å². The monoisotopic (exact) mass is 261 g/mol. The van der Waals surface area contributed by atoms with Gasteiger partial charge in [-0.25, -0.2) is 0 Å². The summed E-state index contributed by atoms with van der Waals surface area (Å²) >= 11 is 0. The summed E-state index contributed by atoms with van der Waals surface area (Å²) in [6.07, 6.45) is 8.02. The van der Waals surface area contributed by atoms with Gasteiger partial charge in [-0.15, -0.1) is 0 Å². The van der Waals surface area contributed by atoms with E-state index in [-0.39, 0.29) is 0 Å². The molecule has 1 aliphatic rings. The summed E-state index contributed by atoms with van der Waals surface area (Å²) in [5.74, 6) is 0.357. The highest BCUT2D eigenvalue weighted by atomic mass is 16.3. The van der Waals surface area contributed by atoms with E-state index in [4.69, 9.17) is 0 Å². The van der Waals surface area contributed by atoms with Crippen LogP contribution in [0.5, 0.6) is 5.75 Å². The number of hydrogen-bond donors (Lipinski definition) is 1. The molecule has 0 amide bonds. The zero-order valence-corrected chi connectivity index (χ0v) is 12.3. The maximum absolute atomic E-state index is 9.34. The van der Waals surface area contributed by atoms with Crippen molar-refractivity contribution in [3.05, 3.63) is 29.8 Å². The minimum Gasteiger partial charge on any atom is -0.508 e. The lowest BCUT2D eigenvalue weighted by Gasteiger charge is -2.38. The van der Waals surface area contributed by atoms with E-state index in [9.17, 15) is 5.11 Å². The number of phenols is 1. The van der Waals surface area contributed by atoms with Gasteiger partial charge in [0.15, 0.2) is 0 Å². The highest BCUT2D eigenvalue weighted by Gasteiger charge is 2.23. The third kappa shape index (κ3) is 3.97. The molecule has 1 aliphatic carbocycles. The fourth-order valence-electron chi connectivity index (χ4n) is 3.43. The molecule has 0 radical (unpaired) electrons. The maximum Gasteiger partial charge on any atom is 0.115 e. The van der Waals surface area contributed by atoms with E-state index in [0.717, 1.165) is 19.0 Å². The Bertz CT molecular complexity index is 367. The Labute approximate surface area is 117 Å². The largest absolute Gasteiger partial charge is 0.508 e. The normalized spacial score (nSPS) is 18.7. The first-order valence-corrected chi connectivity index (χ1v) is 7.74. The number of hydrogen-bond acceptors (Lipinski definition) is 2. The predicted octanol–water partition coefficient (Wildman–Crippen LogP) is 3.98. The van der Waals surface area contributed by atoms with Gasteiger partial charge in [-0.3, -0.25) is 4.90 Å². The molecule has 2 rings (SSSR count). The highest BCUT2D eigenvalue weighted by Crippen LogP contribution is 2.25. The quantitative estimate of drug-likeness (QED) is 0.866. The summed E-state index contributed by atoms with van der Waals surface area (Å²) in [5.41, 5.74) is 1.32. The van der Waals surface area contributed by atoms with Crippen molar-refractivity contribution >= 4 is 0 Å². The maximum atomic E-state index is 9.34. The zero-order chi connectivity index (χ0) is 13.7. The smallest absolute Gasteiger partial charge is 0.115 e. The van der Waals surface area contributed by atoms with E-state index in [2.05, 4.69) is 18.7 Å². The molecule has 1 unspecified atom stereocenters. The summed E-state index contributed by atoms with van der Waals surface area (Å²) in [5, 5.41) is 9.34. The van der Waals surface area contributed by atoms with E-state index in [0.29, 0.717) is 11.8 Å². The Balaban J connectivity index is 1.95. The second-order valence-electron chi connectivity index (χ2n) is 5.84. The van der Waals surface area contributed by atoms with Crippen molar-refractivity contribution in [2.45, 2.75) is 64.5 Å². The Kier molecular flexibility index (Phi) is 5.26. The Hall–Kier alpha value is -1.02. The molecule has 0 spiro atoms. The summed E-state index contributed by atoms with van der Waals surface area (Å²) in [6, 6.07) is 9.03. The van der Waals surface area contributed by atoms with Crippen LogP contribution in [0.3, 0.4) is 0 Å². The average molecular weight is 261 g/mol. The molecule has 1 saturated carbocycles. The van der Waals surface area contributed by atoms with Crippen LogP contribution in [0.15, 0.2) is 24.3 Å². The van der Waals surface area contributed by atoms with Crippen molar-refractivity contribution in [1.82, 2.24) is 4.90 Å². The average Bonchev–Trinajstić information content (AvgIpc) is 2.43. The fourth-order valence-corrected chi connectivity index (χ4v) is 3.43. The SMILES string of the molecule is CCN(C(C)Cc1ccc(O)cc1)C1CCCCC1. The number of nitrogens with zero attached hydrogens (tertiary/aromatic N) is 1. The predicted molar refractivity (Wildman–Crippen MR) is 80.5 cm³/mol. The molecule has 1 fully saturated rings. The molecule has 1 N–H and O–H groups in total. The van der Waals surface area contributed by atoms with Gasteiger partial charge in [-0.2, -0.15) is 0 Å². The first-order chi connectivity index (χ1) is 9.20. The third-order valence-corrected chi connectivity index (χ3v) is 4.44.